The predicted molar refractivity (Wildman–Crippen MR) is 193 cm³/mol. The fraction of sp³-hybridized carbons (Fsp3) is 0.706. The number of anilines is 1. The van der Waals surface area contributed by atoms with E-state index in [9.17, 15) is 9.59 Å². The van der Waals surface area contributed by atoms with Gasteiger partial charge in [-0.3, -0.25) is 14.5 Å². The SMILES string of the molecule is CC[C@@H]1C(=O)N(C)C2(Cl)C(=NC(Nc3ccc(C(=O)NC4CCC(N5CCN(CC6CC6)CC5)CC4)c(Cl)c3OC)=NC2Cl)N1C(C)C. The van der Waals surface area contributed by atoms with E-state index in [1.165, 1.54) is 44.5 Å². The van der Waals surface area contributed by atoms with Crippen LogP contribution in [0.25, 0.3) is 0 Å². The number of methoxy groups -OCH3 is 1. The van der Waals surface area contributed by atoms with E-state index in [4.69, 9.17) is 44.5 Å². The Balaban J connectivity index is 1.10. The maximum absolute atomic E-state index is 13.5. The van der Waals surface area contributed by atoms with Crippen LogP contribution in [0.15, 0.2) is 22.1 Å². The van der Waals surface area contributed by atoms with Crippen molar-refractivity contribution in [3.8, 4) is 5.75 Å². The summed E-state index contributed by atoms with van der Waals surface area (Å²) in [5.74, 6) is 1.51. The van der Waals surface area contributed by atoms with E-state index < -0.39 is 16.5 Å². The zero-order chi connectivity index (χ0) is 34.3. The van der Waals surface area contributed by atoms with Crippen LogP contribution in [-0.4, -0.2) is 125 Å². The Hall–Kier alpha value is -2.31. The van der Waals surface area contributed by atoms with E-state index in [0.29, 0.717) is 29.5 Å². The molecule has 11 nitrogen and oxygen atoms in total. The molecule has 2 N–H and O–H groups in total. The van der Waals surface area contributed by atoms with Gasteiger partial charge < -0.3 is 30.1 Å². The molecule has 0 aromatic heterocycles. The van der Waals surface area contributed by atoms with Crippen molar-refractivity contribution in [3.63, 3.8) is 0 Å². The quantitative estimate of drug-likeness (QED) is 0.271. The molecule has 2 unspecified atom stereocenters. The summed E-state index contributed by atoms with van der Waals surface area (Å²) in [4.78, 5) is 43.2. The summed E-state index contributed by atoms with van der Waals surface area (Å²) >= 11 is 20.6. The fourth-order valence-electron chi connectivity index (χ4n) is 7.72. The molecule has 5 aliphatic rings. The number of nitrogens with zero attached hydrogens (tertiary/aromatic N) is 6. The molecule has 1 aromatic rings. The van der Waals surface area contributed by atoms with Crippen LogP contribution in [0.2, 0.25) is 5.02 Å². The van der Waals surface area contributed by atoms with E-state index in [1.54, 1.807) is 19.2 Å². The van der Waals surface area contributed by atoms with Gasteiger partial charge >= 0.3 is 0 Å². The van der Waals surface area contributed by atoms with Gasteiger partial charge in [0.2, 0.25) is 16.9 Å². The molecule has 14 heteroatoms. The number of guanidine groups is 1. The topological polar surface area (TPSA) is 105 Å². The number of carbonyl (C=O) groups excluding carboxylic acids is 2. The number of hydrogen-bond donors (Lipinski definition) is 2. The first-order valence-electron chi connectivity index (χ1n) is 17.4. The van der Waals surface area contributed by atoms with Gasteiger partial charge in [0, 0.05) is 57.9 Å². The summed E-state index contributed by atoms with van der Waals surface area (Å²) in [6.07, 6.45) is 7.45. The maximum atomic E-state index is 13.5. The first kappa shape index (κ1) is 35.5. The Labute approximate surface area is 299 Å². The minimum absolute atomic E-state index is 0.0724. The molecule has 3 aliphatic heterocycles. The molecule has 1 aromatic carbocycles. The second-order valence-corrected chi connectivity index (χ2v) is 15.5. The van der Waals surface area contributed by atoms with Gasteiger partial charge in [0.05, 0.1) is 23.4 Å². The van der Waals surface area contributed by atoms with Gasteiger partial charge in [-0.25, -0.2) is 4.99 Å². The number of alkyl halides is 2. The molecule has 0 radical (unpaired) electrons. The van der Waals surface area contributed by atoms with Crippen LogP contribution < -0.4 is 15.4 Å². The van der Waals surface area contributed by atoms with E-state index in [0.717, 1.165) is 44.7 Å². The number of likely N-dealkylation sites (N-methyl/N-ethyl adjacent to an activating group) is 1. The van der Waals surface area contributed by atoms with Crippen molar-refractivity contribution in [1.82, 2.24) is 24.9 Å². The average molecular weight is 724 g/mol. The highest BCUT2D eigenvalue weighted by Crippen LogP contribution is 2.42. The van der Waals surface area contributed by atoms with Crippen LogP contribution in [0.5, 0.6) is 5.75 Å². The minimum Gasteiger partial charge on any atom is -0.493 e. The molecule has 264 valence electrons. The number of amidine groups is 1. The zero-order valence-corrected chi connectivity index (χ0v) is 30.9. The summed E-state index contributed by atoms with van der Waals surface area (Å²) in [7, 11) is 3.13. The van der Waals surface area contributed by atoms with Gasteiger partial charge in [0.1, 0.15) is 6.04 Å². The van der Waals surface area contributed by atoms with Crippen LogP contribution in [0, 0.1) is 5.92 Å². The molecule has 48 heavy (non-hydrogen) atoms. The fourth-order valence-corrected chi connectivity index (χ4v) is 8.65. The number of nitrogens with one attached hydrogen (secondary N) is 2. The molecule has 3 heterocycles. The molecule has 2 amide bonds. The highest BCUT2D eigenvalue weighted by atomic mass is 35.5. The third kappa shape index (κ3) is 6.87. The highest BCUT2D eigenvalue weighted by molar-refractivity contribution is 6.44. The Kier molecular flexibility index (Phi) is 10.7. The smallest absolute Gasteiger partial charge is 0.253 e. The van der Waals surface area contributed by atoms with Crippen molar-refractivity contribution >= 4 is 64.1 Å². The Bertz CT molecular complexity index is 1440. The van der Waals surface area contributed by atoms with Gasteiger partial charge in [-0.15, -0.1) is 0 Å². The summed E-state index contributed by atoms with van der Waals surface area (Å²) in [5.41, 5.74) is -0.223. The van der Waals surface area contributed by atoms with Crippen molar-refractivity contribution in [2.75, 3.05) is 52.2 Å². The van der Waals surface area contributed by atoms with Crippen molar-refractivity contribution in [3.05, 3.63) is 22.7 Å². The Morgan fingerprint density at radius 3 is 2.40 bits per heavy atom. The van der Waals surface area contributed by atoms with E-state index in [1.807, 2.05) is 25.7 Å². The molecule has 0 bridgehead atoms. The third-order valence-electron chi connectivity index (χ3n) is 10.7. The standard InChI is InChI=1S/C34H49Cl3N8O3/c1-6-26-30(47)42(4)34(37)31(36)40-33(41-32(34)45(26)20(2)3)39-25-14-13-24(27(35)28(25)48-5)29(46)38-22-9-11-23(12-10-22)44-17-15-43(16-18-44)19-21-7-8-21/h13-14,20-23,26,31H,6-12,15-19H2,1-5H3,(H,38,46)(H,39,40)/t22?,23?,26-,31?,34?/m1/s1. The number of carbonyl (C=O) groups is 2. The lowest BCUT2D eigenvalue weighted by Crippen LogP contribution is -2.73. The lowest BCUT2D eigenvalue weighted by Gasteiger charge is -2.53. The van der Waals surface area contributed by atoms with Crippen molar-refractivity contribution in [2.24, 2.45) is 15.9 Å². The number of amides is 2. The molecule has 3 atom stereocenters. The Morgan fingerprint density at radius 1 is 1.10 bits per heavy atom. The van der Waals surface area contributed by atoms with Crippen LogP contribution in [0.1, 0.15) is 76.1 Å². The summed E-state index contributed by atoms with van der Waals surface area (Å²) in [6.45, 7) is 11.8. The molecule has 2 saturated carbocycles. The third-order valence-corrected chi connectivity index (χ3v) is 12.2. The molecule has 2 saturated heterocycles. The number of aliphatic imine (C=N–C) groups is 2. The molecular weight excluding hydrogens is 675 g/mol. The van der Waals surface area contributed by atoms with E-state index in [2.05, 4.69) is 25.4 Å². The molecule has 0 spiro atoms. The van der Waals surface area contributed by atoms with Gasteiger partial charge in [0.25, 0.3) is 5.91 Å². The highest BCUT2D eigenvalue weighted by Gasteiger charge is 2.58. The lowest BCUT2D eigenvalue weighted by atomic mass is 9.89. The average Bonchev–Trinajstić information content (AvgIpc) is 3.89. The zero-order valence-electron chi connectivity index (χ0n) is 28.6. The minimum atomic E-state index is -1.45. The molecule has 2 aliphatic carbocycles. The second kappa shape index (κ2) is 14.5. The number of benzene rings is 1. The van der Waals surface area contributed by atoms with Crippen molar-refractivity contribution in [2.45, 2.75) is 100 Å². The number of rotatable bonds is 9. The van der Waals surface area contributed by atoms with E-state index >= 15 is 0 Å². The number of piperazine rings is 2. The first-order valence-corrected chi connectivity index (χ1v) is 18.6. The Morgan fingerprint density at radius 2 is 1.79 bits per heavy atom. The maximum Gasteiger partial charge on any atom is 0.253 e. The van der Waals surface area contributed by atoms with Crippen molar-refractivity contribution < 1.29 is 14.3 Å². The van der Waals surface area contributed by atoms with Gasteiger partial charge in [-0.2, -0.15) is 4.99 Å². The lowest BCUT2D eigenvalue weighted by molar-refractivity contribution is -0.140. The largest absolute Gasteiger partial charge is 0.493 e. The first-order chi connectivity index (χ1) is 23.0. The molecule has 4 fully saturated rings. The van der Waals surface area contributed by atoms with Crippen LogP contribution in [-0.2, 0) is 4.79 Å². The van der Waals surface area contributed by atoms with E-state index in [-0.39, 0.29) is 40.6 Å². The summed E-state index contributed by atoms with van der Waals surface area (Å²) in [5, 5.41) is 6.59. The van der Waals surface area contributed by atoms with Crippen molar-refractivity contribution in [1.29, 1.82) is 0 Å². The predicted octanol–water partition coefficient (Wildman–Crippen LogP) is 5.06. The number of ether oxygens (including phenoxy) is 1. The monoisotopic (exact) mass is 722 g/mol. The van der Waals surface area contributed by atoms with Crippen LogP contribution in [0.3, 0.4) is 0 Å². The summed E-state index contributed by atoms with van der Waals surface area (Å²) in [6, 6.07) is 3.58. The normalized spacial score (nSPS) is 30.1. The molecule has 6 rings (SSSR count). The molecular formula is C34H49Cl3N8O3. The number of fused-ring (bicyclic) bond motifs is 1. The number of hydrogen-bond acceptors (Lipinski definition) is 9. The summed E-state index contributed by atoms with van der Waals surface area (Å²) < 4.78 is 5.68. The van der Waals surface area contributed by atoms with Crippen LogP contribution >= 0.6 is 34.8 Å². The number of halogens is 3. The van der Waals surface area contributed by atoms with Gasteiger partial charge in [-0.05, 0) is 76.8 Å². The van der Waals surface area contributed by atoms with Crippen LogP contribution in [0.4, 0.5) is 5.69 Å². The second-order valence-electron chi connectivity index (χ2n) is 14.1. The van der Waals surface area contributed by atoms with Gasteiger partial charge in [0.15, 0.2) is 17.1 Å². The van der Waals surface area contributed by atoms with Gasteiger partial charge in [-0.1, -0.05) is 41.7 Å².